The molecule has 3 heterocycles. The summed E-state index contributed by atoms with van der Waals surface area (Å²) in [5.74, 6) is 1.10. The molecule has 0 bridgehead atoms. The van der Waals surface area contributed by atoms with Crippen LogP contribution in [0.25, 0.3) is 11.3 Å². The third-order valence-corrected chi connectivity index (χ3v) is 6.44. The van der Waals surface area contributed by atoms with E-state index in [1.165, 1.54) is 34.9 Å². The second-order valence-corrected chi connectivity index (χ2v) is 8.09. The minimum Gasteiger partial charge on any atom is -0.389 e. The molecular formula is C21H23FN6S. The Morgan fingerprint density at radius 2 is 2.10 bits per heavy atom. The normalized spacial score (nSPS) is 18.4. The number of nitriles is 1. The molecule has 0 radical (unpaired) electrons. The number of fused-ring (bicyclic) bond motifs is 1. The van der Waals surface area contributed by atoms with Crippen LogP contribution in [-0.4, -0.2) is 37.1 Å². The topological polar surface area (TPSA) is 67.2 Å². The first-order valence-corrected chi connectivity index (χ1v) is 10.4. The third kappa shape index (κ3) is 3.42. The van der Waals surface area contributed by atoms with Gasteiger partial charge in [-0.3, -0.25) is 0 Å². The molecule has 0 saturated carbocycles. The SMILES string of the molecule is CCC1=C(N(C)c2nc(-c3ccc(F)cc3)c(C#N)s2)NC[C@H]2CNC=C2N1C. The van der Waals surface area contributed by atoms with Gasteiger partial charge < -0.3 is 20.4 Å². The molecule has 1 aromatic heterocycles. The van der Waals surface area contributed by atoms with E-state index in [1.54, 1.807) is 12.1 Å². The Morgan fingerprint density at radius 3 is 2.79 bits per heavy atom. The molecule has 1 aromatic carbocycles. The van der Waals surface area contributed by atoms with Crippen LogP contribution in [0.2, 0.25) is 0 Å². The zero-order valence-corrected chi connectivity index (χ0v) is 17.5. The van der Waals surface area contributed by atoms with Gasteiger partial charge in [-0.05, 0) is 30.7 Å². The van der Waals surface area contributed by atoms with Crippen LogP contribution in [-0.2, 0) is 0 Å². The van der Waals surface area contributed by atoms with Gasteiger partial charge in [-0.1, -0.05) is 18.3 Å². The van der Waals surface area contributed by atoms with E-state index in [9.17, 15) is 9.65 Å². The number of nitrogens with zero attached hydrogens (tertiary/aromatic N) is 4. The number of benzene rings is 1. The lowest BCUT2D eigenvalue weighted by atomic mass is 10.1. The number of halogens is 1. The van der Waals surface area contributed by atoms with Crippen LogP contribution < -0.4 is 15.5 Å². The van der Waals surface area contributed by atoms with E-state index in [4.69, 9.17) is 4.98 Å². The average Bonchev–Trinajstić information content (AvgIpc) is 3.35. The molecule has 29 heavy (non-hydrogen) atoms. The van der Waals surface area contributed by atoms with Gasteiger partial charge in [0.2, 0.25) is 0 Å². The van der Waals surface area contributed by atoms with Gasteiger partial charge in [0, 0.05) is 50.6 Å². The summed E-state index contributed by atoms with van der Waals surface area (Å²) in [5, 5.41) is 17.3. The summed E-state index contributed by atoms with van der Waals surface area (Å²) >= 11 is 1.34. The molecule has 2 aromatic rings. The zero-order chi connectivity index (χ0) is 20.5. The highest BCUT2D eigenvalue weighted by Crippen LogP contribution is 2.35. The van der Waals surface area contributed by atoms with E-state index in [0.717, 1.165) is 36.0 Å². The fraction of sp³-hybridized carbons (Fsp3) is 0.333. The van der Waals surface area contributed by atoms with Crippen molar-refractivity contribution in [2.45, 2.75) is 13.3 Å². The van der Waals surface area contributed by atoms with Crippen molar-refractivity contribution in [3.8, 4) is 17.3 Å². The van der Waals surface area contributed by atoms with E-state index in [1.807, 2.05) is 11.9 Å². The van der Waals surface area contributed by atoms with Crippen molar-refractivity contribution in [2.24, 2.45) is 5.92 Å². The second kappa shape index (κ2) is 7.76. The van der Waals surface area contributed by atoms with Crippen molar-refractivity contribution in [1.29, 1.82) is 5.26 Å². The summed E-state index contributed by atoms with van der Waals surface area (Å²) in [6.45, 7) is 3.88. The van der Waals surface area contributed by atoms with Crippen molar-refractivity contribution in [1.82, 2.24) is 20.5 Å². The first-order valence-electron chi connectivity index (χ1n) is 9.58. The smallest absolute Gasteiger partial charge is 0.192 e. The molecule has 0 amide bonds. The Bertz CT molecular complexity index is 1020. The number of aromatic nitrogens is 1. The minimum absolute atomic E-state index is 0.308. The quantitative estimate of drug-likeness (QED) is 0.805. The van der Waals surface area contributed by atoms with E-state index >= 15 is 0 Å². The molecule has 0 fully saturated rings. The van der Waals surface area contributed by atoms with Crippen LogP contribution in [0.4, 0.5) is 9.52 Å². The molecule has 1 atom stereocenters. The van der Waals surface area contributed by atoms with Crippen molar-refractivity contribution < 1.29 is 4.39 Å². The second-order valence-electron chi connectivity index (χ2n) is 7.12. The van der Waals surface area contributed by atoms with E-state index in [2.05, 4.69) is 41.8 Å². The molecule has 0 aliphatic carbocycles. The van der Waals surface area contributed by atoms with Crippen LogP contribution >= 0.6 is 11.3 Å². The van der Waals surface area contributed by atoms with Crippen LogP contribution in [0.3, 0.4) is 0 Å². The van der Waals surface area contributed by atoms with Crippen LogP contribution in [0.15, 0.2) is 47.7 Å². The molecule has 0 unspecified atom stereocenters. The molecule has 8 heteroatoms. The molecule has 0 saturated heterocycles. The highest BCUT2D eigenvalue weighted by atomic mass is 32.1. The van der Waals surface area contributed by atoms with Gasteiger partial charge in [-0.15, -0.1) is 0 Å². The molecule has 2 aliphatic heterocycles. The van der Waals surface area contributed by atoms with E-state index in [-0.39, 0.29) is 5.82 Å². The zero-order valence-electron chi connectivity index (χ0n) is 16.7. The molecule has 0 spiro atoms. The van der Waals surface area contributed by atoms with Gasteiger partial charge in [-0.25, -0.2) is 9.37 Å². The molecule has 2 aliphatic rings. The van der Waals surface area contributed by atoms with Crippen molar-refractivity contribution in [3.05, 3.63) is 58.4 Å². The summed E-state index contributed by atoms with van der Waals surface area (Å²) in [6.07, 6.45) is 2.95. The predicted molar refractivity (Wildman–Crippen MR) is 113 cm³/mol. The number of anilines is 1. The molecule has 2 N–H and O–H groups in total. The number of hydrogen-bond donors (Lipinski definition) is 2. The lowest BCUT2D eigenvalue weighted by molar-refractivity contribution is 0.444. The monoisotopic (exact) mass is 410 g/mol. The van der Waals surface area contributed by atoms with E-state index in [0.29, 0.717) is 16.5 Å². The number of thiazole rings is 1. The molecular weight excluding hydrogens is 387 g/mol. The van der Waals surface area contributed by atoms with Crippen LogP contribution in [0, 0.1) is 23.1 Å². The molecule has 150 valence electrons. The average molecular weight is 411 g/mol. The van der Waals surface area contributed by atoms with Crippen molar-refractivity contribution >= 4 is 16.5 Å². The number of hydrogen-bond acceptors (Lipinski definition) is 7. The largest absolute Gasteiger partial charge is 0.389 e. The fourth-order valence-corrected chi connectivity index (χ4v) is 4.71. The van der Waals surface area contributed by atoms with Crippen LogP contribution in [0.1, 0.15) is 18.2 Å². The Labute approximate surface area is 174 Å². The molecule has 4 rings (SSSR count). The highest BCUT2D eigenvalue weighted by Gasteiger charge is 2.30. The van der Waals surface area contributed by atoms with Crippen molar-refractivity contribution in [2.75, 3.05) is 32.1 Å². The maximum atomic E-state index is 13.3. The predicted octanol–water partition coefficient (Wildman–Crippen LogP) is 3.43. The standard InChI is InChI=1S/C21H23FN6S/c1-4-16-20(25-11-14-10-24-12-17(14)27(16)2)28(3)21-26-19(18(9-23)29-21)13-5-7-15(22)8-6-13/h5-8,12,14,24-25H,4,10-11H2,1-3H3/t14-/m1/s1. The fourth-order valence-electron chi connectivity index (χ4n) is 3.86. The van der Waals surface area contributed by atoms with Gasteiger partial charge in [0.1, 0.15) is 28.3 Å². The Hall–Kier alpha value is -3.05. The summed E-state index contributed by atoms with van der Waals surface area (Å²) in [7, 11) is 4.06. The van der Waals surface area contributed by atoms with Gasteiger partial charge in [-0.2, -0.15) is 5.26 Å². The summed E-state index contributed by atoms with van der Waals surface area (Å²) in [6, 6.07) is 8.33. The first kappa shape index (κ1) is 19.3. The first-order chi connectivity index (χ1) is 14.0. The Balaban J connectivity index is 1.73. The maximum absolute atomic E-state index is 13.3. The number of rotatable bonds is 4. The van der Waals surface area contributed by atoms with Crippen molar-refractivity contribution in [3.63, 3.8) is 0 Å². The van der Waals surface area contributed by atoms with Gasteiger partial charge >= 0.3 is 0 Å². The lowest BCUT2D eigenvalue weighted by Crippen LogP contribution is -2.33. The lowest BCUT2D eigenvalue weighted by Gasteiger charge is -2.27. The summed E-state index contributed by atoms with van der Waals surface area (Å²) < 4.78 is 13.3. The van der Waals surface area contributed by atoms with Gasteiger partial charge in [0.25, 0.3) is 0 Å². The maximum Gasteiger partial charge on any atom is 0.192 e. The summed E-state index contributed by atoms with van der Waals surface area (Å²) in [4.78, 5) is 9.51. The van der Waals surface area contributed by atoms with Gasteiger partial charge in [0.15, 0.2) is 5.13 Å². The highest BCUT2D eigenvalue weighted by molar-refractivity contribution is 7.16. The minimum atomic E-state index is -0.308. The van der Waals surface area contributed by atoms with Gasteiger partial charge in [0.05, 0.1) is 5.70 Å². The Kier molecular flexibility index (Phi) is 5.16. The summed E-state index contributed by atoms with van der Waals surface area (Å²) in [5.41, 5.74) is 3.77. The molecule has 6 nitrogen and oxygen atoms in total. The number of nitrogens with one attached hydrogen (secondary N) is 2. The number of allylic oxidation sites excluding steroid dienone is 1. The van der Waals surface area contributed by atoms with E-state index < -0.39 is 0 Å². The third-order valence-electron chi connectivity index (χ3n) is 5.41. The Morgan fingerprint density at radius 1 is 1.34 bits per heavy atom. The van der Waals surface area contributed by atoms with Crippen LogP contribution in [0.5, 0.6) is 0 Å².